The van der Waals surface area contributed by atoms with Crippen LogP contribution in [0.2, 0.25) is 0 Å². The van der Waals surface area contributed by atoms with Gasteiger partial charge in [0, 0.05) is 13.6 Å². The normalized spacial score (nSPS) is 16.8. The van der Waals surface area contributed by atoms with Crippen molar-refractivity contribution >= 4 is 15.7 Å². The molecule has 4 nitrogen and oxygen atoms in total. The lowest BCUT2D eigenvalue weighted by Crippen LogP contribution is -2.35. The average Bonchev–Trinajstić information content (AvgIpc) is 2.22. The first-order valence-corrected chi connectivity index (χ1v) is 7.37. The molecule has 1 aliphatic rings. The van der Waals surface area contributed by atoms with E-state index in [1.165, 1.54) is 23.5 Å². The molecule has 2 rings (SSSR count). The molecule has 0 amide bonds. The maximum atomic E-state index is 13.7. The Balaban J connectivity index is 2.29. The van der Waals surface area contributed by atoms with E-state index in [1.807, 2.05) is 0 Å². The lowest BCUT2D eigenvalue weighted by atomic mass is 9.86. The van der Waals surface area contributed by atoms with E-state index in [-0.39, 0.29) is 5.69 Å². The molecular weight excluding hydrogens is 255 g/mol. The molecule has 1 aromatic rings. The molecule has 1 saturated carbocycles. The minimum atomic E-state index is -3.84. The molecule has 0 saturated heterocycles. The fourth-order valence-electron chi connectivity index (χ4n) is 2.09. The molecular formula is C12H17FN2O2S. The van der Waals surface area contributed by atoms with Crippen LogP contribution in [-0.2, 0) is 10.0 Å². The fraction of sp³-hybridized carbons (Fsp3) is 0.500. The number of nitrogens with zero attached hydrogens (tertiary/aromatic N) is 1. The Labute approximate surface area is 107 Å². The van der Waals surface area contributed by atoms with Crippen LogP contribution in [0, 0.1) is 11.7 Å². The highest BCUT2D eigenvalue weighted by Crippen LogP contribution is 2.30. The van der Waals surface area contributed by atoms with Crippen molar-refractivity contribution in [2.24, 2.45) is 5.92 Å². The predicted octanol–water partition coefficient (Wildman–Crippen LogP) is 1.83. The summed E-state index contributed by atoms with van der Waals surface area (Å²) in [6.45, 7) is 0.427. The maximum Gasteiger partial charge on any atom is 0.247 e. The fourth-order valence-corrected chi connectivity index (χ4v) is 3.49. The van der Waals surface area contributed by atoms with E-state index in [0.29, 0.717) is 12.5 Å². The van der Waals surface area contributed by atoms with Gasteiger partial charge in [-0.3, -0.25) is 0 Å². The minimum absolute atomic E-state index is 0.0459. The van der Waals surface area contributed by atoms with E-state index < -0.39 is 20.7 Å². The monoisotopic (exact) mass is 272 g/mol. The van der Waals surface area contributed by atoms with Gasteiger partial charge in [-0.05, 0) is 30.9 Å². The van der Waals surface area contributed by atoms with E-state index in [4.69, 9.17) is 5.73 Å². The van der Waals surface area contributed by atoms with Crippen molar-refractivity contribution in [1.82, 2.24) is 4.31 Å². The lowest BCUT2D eigenvalue weighted by Gasteiger charge is -2.29. The molecule has 100 valence electrons. The van der Waals surface area contributed by atoms with Crippen molar-refractivity contribution in [1.29, 1.82) is 0 Å². The summed E-state index contributed by atoms with van der Waals surface area (Å²) in [5, 5.41) is 0. The number of rotatable bonds is 4. The molecule has 0 aliphatic heterocycles. The van der Waals surface area contributed by atoms with Gasteiger partial charge in [-0.25, -0.2) is 17.1 Å². The third-order valence-corrected chi connectivity index (χ3v) is 5.32. The van der Waals surface area contributed by atoms with Crippen molar-refractivity contribution in [3.8, 4) is 0 Å². The second-order valence-corrected chi connectivity index (χ2v) is 6.72. The molecule has 0 atom stereocenters. The Morgan fingerprint density at radius 3 is 2.61 bits per heavy atom. The molecule has 1 aromatic carbocycles. The summed E-state index contributed by atoms with van der Waals surface area (Å²) in [7, 11) is -2.37. The third kappa shape index (κ3) is 2.35. The second-order valence-electron chi connectivity index (χ2n) is 4.74. The largest absolute Gasteiger partial charge is 0.398 e. The highest BCUT2D eigenvalue weighted by Gasteiger charge is 2.30. The van der Waals surface area contributed by atoms with Crippen LogP contribution in [0.1, 0.15) is 19.3 Å². The zero-order chi connectivity index (χ0) is 13.3. The van der Waals surface area contributed by atoms with E-state index in [2.05, 4.69) is 0 Å². The van der Waals surface area contributed by atoms with E-state index in [1.54, 1.807) is 0 Å². The molecule has 0 unspecified atom stereocenters. The Hall–Kier alpha value is -1.14. The molecule has 0 spiro atoms. The first kappa shape index (κ1) is 13.3. The van der Waals surface area contributed by atoms with Crippen molar-refractivity contribution in [3.05, 3.63) is 24.0 Å². The van der Waals surface area contributed by atoms with Gasteiger partial charge in [0.25, 0.3) is 0 Å². The summed E-state index contributed by atoms with van der Waals surface area (Å²) in [6, 6.07) is 3.91. The van der Waals surface area contributed by atoms with Crippen molar-refractivity contribution in [2.75, 3.05) is 19.3 Å². The molecule has 0 radical (unpaired) electrons. The van der Waals surface area contributed by atoms with Gasteiger partial charge in [-0.1, -0.05) is 12.5 Å². The molecule has 2 N–H and O–H groups in total. The molecule has 1 aliphatic carbocycles. The van der Waals surface area contributed by atoms with Gasteiger partial charge < -0.3 is 5.73 Å². The first-order valence-electron chi connectivity index (χ1n) is 5.93. The summed E-state index contributed by atoms with van der Waals surface area (Å²) < 4.78 is 39.4. The Kier molecular flexibility index (Phi) is 3.59. The number of halogens is 1. The zero-order valence-corrected chi connectivity index (χ0v) is 11.1. The molecule has 6 heteroatoms. The summed E-state index contributed by atoms with van der Waals surface area (Å²) in [5.41, 5.74) is 5.53. The van der Waals surface area contributed by atoms with Gasteiger partial charge in [0.1, 0.15) is 10.7 Å². The molecule has 18 heavy (non-hydrogen) atoms. The van der Waals surface area contributed by atoms with Gasteiger partial charge in [-0.15, -0.1) is 0 Å². The SMILES string of the molecule is CN(CC1CCC1)S(=O)(=O)c1c(N)cccc1F. The Bertz CT molecular complexity index is 521. The van der Waals surface area contributed by atoms with Crippen LogP contribution in [0.3, 0.4) is 0 Å². The Morgan fingerprint density at radius 1 is 1.44 bits per heavy atom. The van der Waals surface area contributed by atoms with Gasteiger partial charge in [0.15, 0.2) is 0 Å². The summed E-state index contributed by atoms with van der Waals surface area (Å²) in [5.74, 6) is -0.409. The summed E-state index contributed by atoms with van der Waals surface area (Å²) in [4.78, 5) is -0.410. The number of sulfonamides is 1. The van der Waals surface area contributed by atoms with Crippen LogP contribution in [0.15, 0.2) is 23.1 Å². The molecule has 0 aromatic heterocycles. The van der Waals surface area contributed by atoms with Gasteiger partial charge in [0.2, 0.25) is 10.0 Å². The quantitative estimate of drug-likeness (QED) is 0.850. The number of nitrogens with two attached hydrogens (primary N) is 1. The highest BCUT2D eigenvalue weighted by atomic mass is 32.2. The molecule has 0 heterocycles. The van der Waals surface area contributed by atoms with E-state index in [9.17, 15) is 12.8 Å². The van der Waals surface area contributed by atoms with Crippen LogP contribution >= 0.6 is 0 Å². The van der Waals surface area contributed by atoms with Gasteiger partial charge in [0.05, 0.1) is 5.69 Å². The third-order valence-electron chi connectivity index (χ3n) is 3.41. The van der Waals surface area contributed by atoms with Crippen LogP contribution in [0.5, 0.6) is 0 Å². The number of hydrogen-bond donors (Lipinski definition) is 1. The van der Waals surface area contributed by atoms with Gasteiger partial charge >= 0.3 is 0 Å². The topological polar surface area (TPSA) is 63.4 Å². The van der Waals surface area contributed by atoms with E-state index >= 15 is 0 Å². The maximum absolute atomic E-state index is 13.7. The predicted molar refractivity (Wildman–Crippen MR) is 68.0 cm³/mol. The van der Waals surface area contributed by atoms with Crippen LogP contribution in [-0.4, -0.2) is 26.3 Å². The first-order chi connectivity index (χ1) is 8.43. The van der Waals surface area contributed by atoms with Gasteiger partial charge in [-0.2, -0.15) is 0 Å². The standard InChI is InChI=1S/C12H17FN2O2S/c1-15(8-9-4-2-5-9)18(16,17)12-10(13)6-3-7-11(12)14/h3,6-7,9H,2,4-5,8,14H2,1H3. The minimum Gasteiger partial charge on any atom is -0.398 e. The van der Waals surface area contributed by atoms with E-state index in [0.717, 1.165) is 25.3 Å². The summed E-state index contributed by atoms with van der Waals surface area (Å²) >= 11 is 0. The smallest absolute Gasteiger partial charge is 0.247 e. The zero-order valence-electron chi connectivity index (χ0n) is 10.3. The van der Waals surface area contributed by atoms with Crippen LogP contribution in [0.4, 0.5) is 10.1 Å². The Morgan fingerprint density at radius 2 is 2.11 bits per heavy atom. The number of nitrogen functional groups attached to an aromatic ring is 1. The van der Waals surface area contributed by atoms with Crippen molar-refractivity contribution < 1.29 is 12.8 Å². The van der Waals surface area contributed by atoms with Crippen LogP contribution < -0.4 is 5.73 Å². The summed E-state index contributed by atoms with van der Waals surface area (Å²) in [6.07, 6.45) is 3.21. The van der Waals surface area contributed by atoms with Crippen molar-refractivity contribution in [3.63, 3.8) is 0 Å². The molecule has 0 bridgehead atoms. The number of hydrogen-bond acceptors (Lipinski definition) is 3. The number of anilines is 1. The average molecular weight is 272 g/mol. The molecule has 1 fully saturated rings. The van der Waals surface area contributed by atoms with Crippen molar-refractivity contribution in [2.45, 2.75) is 24.2 Å². The number of benzene rings is 1. The second kappa shape index (κ2) is 4.85. The van der Waals surface area contributed by atoms with Crippen LogP contribution in [0.25, 0.3) is 0 Å². The highest BCUT2D eigenvalue weighted by molar-refractivity contribution is 7.89. The lowest BCUT2D eigenvalue weighted by molar-refractivity contribution is 0.262.